The molecule has 188 valence electrons. The van der Waals surface area contributed by atoms with Crippen LogP contribution in [0.3, 0.4) is 0 Å². The van der Waals surface area contributed by atoms with E-state index in [0.29, 0.717) is 42.6 Å². The van der Waals surface area contributed by atoms with Gasteiger partial charge in [0, 0.05) is 17.8 Å². The molecule has 0 saturated heterocycles. The topological polar surface area (TPSA) is 95.9 Å². The summed E-state index contributed by atoms with van der Waals surface area (Å²) in [6, 6.07) is 15.0. The number of alkyl halides is 3. The first-order chi connectivity index (χ1) is 17.0. The number of hydrogen-bond acceptors (Lipinski definition) is 5. The summed E-state index contributed by atoms with van der Waals surface area (Å²) in [4.78, 5) is 14.8. The van der Waals surface area contributed by atoms with Gasteiger partial charge < -0.3 is 14.7 Å². The van der Waals surface area contributed by atoms with Crippen molar-refractivity contribution in [3.05, 3.63) is 71.8 Å². The number of anilines is 2. The number of phenols is 1. The number of rotatable bonds is 6. The lowest BCUT2D eigenvalue weighted by atomic mass is 9.93. The van der Waals surface area contributed by atoms with Crippen molar-refractivity contribution in [3.63, 3.8) is 0 Å². The number of aromatic hydroxyl groups is 1. The lowest BCUT2D eigenvalue weighted by Crippen LogP contribution is -2.37. The summed E-state index contributed by atoms with van der Waals surface area (Å²) < 4.78 is 68.1. The summed E-state index contributed by atoms with van der Waals surface area (Å²) in [5.41, 5.74) is 3.14. The predicted octanol–water partition coefficient (Wildman–Crippen LogP) is 5.06. The molecule has 3 aromatic rings. The number of nitrogens with one attached hydrogen (secondary N) is 1. The first-order valence-corrected chi connectivity index (χ1v) is 12.7. The van der Waals surface area contributed by atoms with E-state index in [1.807, 2.05) is 6.07 Å². The lowest BCUT2D eigenvalue weighted by Gasteiger charge is -2.29. The minimum atomic E-state index is -4.76. The second-order valence-corrected chi connectivity index (χ2v) is 10.7. The number of fused-ring (bicyclic) bond motifs is 1. The fourth-order valence-corrected chi connectivity index (χ4v) is 5.55. The molecule has 7 nitrogen and oxygen atoms in total. The zero-order chi connectivity index (χ0) is 25.7. The van der Waals surface area contributed by atoms with Gasteiger partial charge in [-0.1, -0.05) is 24.3 Å². The minimum Gasteiger partial charge on any atom is -0.506 e. The molecular weight excluding hydrogens is 497 g/mol. The molecule has 0 unspecified atom stereocenters. The molecule has 36 heavy (non-hydrogen) atoms. The van der Waals surface area contributed by atoms with Crippen molar-refractivity contribution in [1.29, 1.82) is 0 Å². The fraction of sp³-hybridized carbons (Fsp3) is 0.240. The Balaban J connectivity index is 1.36. The Hall–Kier alpha value is -3.73. The number of ether oxygens (including phenoxy) is 1. The largest absolute Gasteiger partial charge is 0.573 e. The molecule has 11 heteroatoms. The SMILES string of the molecule is O=C1c2ccc(-c3ccc(OC(F)(F)F)cc3)cc2CCN1c1ccc(O)c(NS(=O)(=O)C2CC2)c1. The van der Waals surface area contributed by atoms with Gasteiger partial charge in [-0.3, -0.25) is 9.52 Å². The quantitative estimate of drug-likeness (QED) is 0.445. The number of halogens is 3. The highest BCUT2D eigenvalue weighted by atomic mass is 32.2. The molecule has 0 bridgehead atoms. The predicted molar refractivity (Wildman–Crippen MR) is 128 cm³/mol. The van der Waals surface area contributed by atoms with Crippen LogP contribution in [0.2, 0.25) is 0 Å². The molecule has 1 aliphatic carbocycles. The maximum atomic E-state index is 13.2. The summed E-state index contributed by atoms with van der Waals surface area (Å²) in [7, 11) is -3.59. The molecule has 2 N–H and O–H groups in total. The van der Waals surface area contributed by atoms with Crippen LogP contribution in [-0.2, 0) is 16.4 Å². The average Bonchev–Trinajstić information content (AvgIpc) is 3.67. The van der Waals surface area contributed by atoms with E-state index in [-0.39, 0.29) is 23.1 Å². The van der Waals surface area contributed by atoms with Gasteiger partial charge in [-0.05, 0) is 72.4 Å². The molecule has 0 aromatic heterocycles. The highest BCUT2D eigenvalue weighted by Crippen LogP contribution is 2.36. The van der Waals surface area contributed by atoms with Crippen LogP contribution in [0.15, 0.2) is 60.7 Å². The molecule has 1 saturated carbocycles. The zero-order valence-electron chi connectivity index (χ0n) is 18.7. The van der Waals surface area contributed by atoms with Crippen LogP contribution >= 0.6 is 0 Å². The molecule has 3 aromatic carbocycles. The fourth-order valence-electron chi connectivity index (χ4n) is 4.15. The Morgan fingerprint density at radius 1 is 0.972 bits per heavy atom. The van der Waals surface area contributed by atoms with E-state index in [1.165, 1.54) is 41.3 Å². The third kappa shape index (κ3) is 4.97. The number of sulfonamides is 1. The molecule has 1 heterocycles. The van der Waals surface area contributed by atoms with Gasteiger partial charge in [-0.25, -0.2) is 8.42 Å². The highest BCUT2D eigenvalue weighted by molar-refractivity contribution is 7.93. The van der Waals surface area contributed by atoms with E-state index >= 15 is 0 Å². The first kappa shape index (κ1) is 24.0. The van der Waals surface area contributed by atoms with Crippen molar-refractivity contribution in [3.8, 4) is 22.6 Å². The minimum absolute atomic E-state index is 0.0197. The molecule has 0 radical (unpaired) electrons. The Morgan fingerprint density at radius 2 is 1.67 bits per heavy atom. The summed E-state index contributed by atoms with van der Waals surface area (Å²) in [5.74, 6) is -0.828. The summed E-state index contributed by atoms with van der Waals surface area (Å²) in [6.45, 7) is 0.327. The number of phenolic OH excluding ortho intramolecular Hbond substituents is 1. The van der Waals surface area contributed by atoms with Gasteiger partial charge in [0.1, 0.15) is 11.5 Å². The van der Waals surface area contributed by atoms with Crippen LogP contribution in [-0.4, -0.2) is 37.6 Å². The first-order valence-electron chi connectivity index (χ1n) is 11.2. The van der Waals surface area contributed by atoms with Gasteiger partial charge in [0.25, 0.3) is 5.91 Å². The molecule has 0 spiro atoms. The van der Waals surface area contributed by atoms with E-state index in [4.69, 9.17) is 0 Å². The molecule has 5 rings (SSSR count). The van der Waals surface area contributed by atoms with Crippen molar-refractivity contribution in [2.45, 2.75) is 30.9 Å². The molecule has 1 amide bonds. The maximum Gasteiger partial charge on any atom is 0.573 e. The van der Waals surface area contributed by atoms with E-state index < -0.39 is 21.6 Å². The van der Waals surface area contributed by atoms with Crippen LogP contribution in [0.4, 0.5) is 24.5 Å². The second kappa shape index (κ2) is 8.74. The zero-order valence-corrected chi connectivity index (χ0v) is 19.6. The Bertz CT molecular complexity index is 1440. The lowest BCUT2D eigenvalue weighted by molar-refractivity contribution is -0.274. The summed E-state index contributed by atoms with van der Waals surface area (Å²) in [5, 5.41) is 9.67. The van der Waals surface area contributed by atoms with Crippen molar-refractivity contribution in [1.82, 2.24) is 0 Å². The summed E-state index contributed by atoms with van der Waals surface area (Å²) in [6.07, 6.45) is -3.11. The van der Waals surface area contributed by atoms with Gasteiger partial charge in [-0.15, -0.1) is 13.2 Å². The van der Waals surface area contributed by atoms with Crippen LogP contribution in [0.25, 0.3) is 11.1 Å². The smallest absolute Gasteiger partial charge is 0.506 e. The van der Waals surface area contributed by atoms with E-state index in [2.05, 4.69) is 9.46 Å². The van der Waals surface area contributed by atoms with E-state index in [9.17, 15) is 31.5 Å². The van der Waals surface area contributed by atoms with E-state index in [1.54, 1.807) is 18.2 Å². The number of benzene rings is 3. The second-order valence-electron chi connectivity index (χ2n) is 8.70. The Labute approximate surface area is 205 Å². The number of hydrogen-bond donors (Lipinski definition) is 2. The van der Waals surface area contributed by atoms with Crippen LogP contribution < -0.4 is 14.4 Å². The number of carbonyl (C=O) groups is 1. The van der Waals surface area contributed by atoms with Gasteiger partial charge in [0.2, 0.25) is 10.0 Å². The summed E-state index contributed by atoms with van der Waals surface area (Å²) >= 11 is 0. The number of carbonyl (C=O) groups excluding carboxylic acids is 1. The van der Waals surface area contributed by atoms with Gasteiger partial charge in [0.15, 0.2) is 0 Å². The highest BCUT2D eigenvalue weighted by Gasteiger charge is 2.36. The average molecular weight is 519 g/mol. The van der Waals surface area contributed by atoms with Gasteiger partial charge in [0.05, 0.1) is 10.9 Å². The van der Waals surface area contributed by atoms with Crippen molar-refractivity contribution < 1.29 is 36.2 Å². The molecule has 1 aliphatic heterocycles. The van der Waals surface area contributed by atoms with E-state index in [0.717, 1.165) is 11.1 Å². The standard InChI is InChI=1S/C25H21F3N2O5S/c26-25(27,28)35-19-5-1-15(2-6-19)16-3-9-21-17(13-16)11-12-30(24(21)32)18-4-10-23(31)22(14-18)29-36(33,34)20-7-8-20/h1-6,9-10,13-14,20,29,31H,7-8,11-12H2. The molecule has 0 atom stereocenters. The maximum absolute atomic E-state index is 13.2. The van der Waals surface area contributed by atoms with Crippen molar-refractivity contribution in [2.75, 3.05) is 16.2 Å². The van der Waals surface area contributed by atoms with Crippen molar-refractivity contribution in [2.24, 2.45) is 0 Å². The van der Waals surface area contributed by atoms with Gasteiger partial charge >= 0.3 is 6.36 Å². The Kier molecular flexibility index (Phi) is 5.82. The third-order valence-corrected chi connectivity index (χ3v) is 7.97. The third-order valence-electron chi connectivity index (χ3n) is 6.11. The molecular formula is C25H21F3N2O5S. The van der Waals surface area contributed by atoms with Crippen LogP contribution in [0.5, 0.6) is 11.5 Å². The number of amides is 1. The van der Waals surface area contributed by atoms with Crippen molar-refractivity contribution >= 4 is 27.3 Å². The van der Waals surface area contributed by atoms with Crippen LogP contribution in [0.1, 0.15) is 28.8 Å². The van der Waals surface area contributed by atoms with Crippen LogP contribution in [0, 0.1) is 0 Å². The Morgan fingerprint density at radius 3 is 2.33 bits per heavy atom. The van der Waals surface area contributed by atoms with Gasteiger partial charge in [-0.2, -0.15) is 0 Å². The number of nitrogens with zero attached hydrogens (tertiary/aromatic N) is 1. The normalized spacial score (nSPS) is 16.0. The molecule has 1 fully saturated rings. The monoisotopic (exact) mass is 518 g/mol. The molecule has 2 aliphatic rings.